The number of hydrogen-bond acceptors (Lipinski definition) is 3. The van der Waals surface area contributed by atoms with E-state index in [1.54, 1.807) is 24.3 Å². The summed E-state index contributed by atoms with van der Waals surface area (Å²) >= 11 is 5.98. The van der Waals surface area contributed by atoms with Crippen molar-refractivity contribution in [3.05, 3.63) is 70.7 Å². The summed E-state index contributed by atoms with van der Waals surface area (Å²) in [6, 6.07) is 16.6. The Morgan fingerprint density at radius 1 is 0.950 bits per heavy atom. The normalized spacial score (nSPS) is 13.9. The Morgan fingerprint density at radius 2 is 1.60 bits per heavy atom. The Kier molecular flexibility index (Phi) is 5.56. The first-order valence-corrected chi connectivity index (χ1v) is 6.78. The first-order chi connectivity index (χ1) is 9.68. The largest absolute Gasteiger partial charge is 0.388 e. The second kappa shape index (κ2) is 7.41. The van der Waals surface area contributed by atoms with Crippen molar-refractivity contribution in [1.82, 2.24) is 0 Å². The summed E-state index contributed by atoms with van der Waals surface area (Å²) in [7, 11) is 0. The van der Waals surface area contributed by atoms with Crippen LogP contribution in [0.15, 0.2) is 54.6 Å². The molecule has 3 nitrogen and oxygen atoms in total. The molecule has 4 heteroatoms. The fourth-order valence-electron chi connectivity index (χ4n) is 1.89. The molecule has 2 atom stereocenters. The number of hydrogen-bond donors (Lipinski definition) is 2. The van der Waals surface area contributed by atoms with Crippen LogP contribution < -0.4 is 0 Å². The molecule has 0 radical (unpaired) electrons. The lowest BCUT2D eigenvalue weighted by Gasteiger charge is -2.19. The van der Waals surface area contributed by atoms with Crippen molar-refractivity contribution >= 4 is 11.6 Å². The first-order valence-electron chi connectivity index (χ1n) is 6.40. The van der Waals surface area contributed by atoms with Gasteiger partial charge < -0.3 is 14.9 Å². The van der Waals surface area contributed by atoms with Gasteiger partial charge in [0.05, 0.1) is 13.2 Å². The van der Waals surface area contributed by atoms with Gasteiger partial charge in [-0.2, -0.15) is 0 Å². The molecular formula is C16H17ClO3. The van der Waals surface area contributed by atoms with Gasteiger partial charge in [-0.3, -0.25) is 0 Å². The van der Waals surface area contributed by atoms with Gasteiger partial charge in [0.25, 0.3) is 0 Å². The second-order valence-electron chi connectivity index (χ2n) is 4.53. The Bertz CT molecular complexity index is 530. The van der Waals surface area contributed by atoms with E-state index in [0.717, 1.165) is 5.56 Å². The van der Waals surface area contributed by atoms with E-state index in [1.165, 1.54) is 0 Å². The highest BCUT2D eigenvalue weighted by Gasteiger charge is 2.20. The molecule has 0 spiro atoms. The van der Waals surface area contributed by atoms with Crippen molar-refractivity contribution in [1.29, 1.82) is 0 Å². The Balaban J connectivity index is 1.86. The van der Waals surface area contributed by atoms with Gasteiger partial charge in [-0.15, -0.1) is 0 Å². The van der Waals surface area contributed by atoms with E-state index >= 15 is 0 Å². The van der Waals surface area contributed by atoms with Crippen LogP contribution in [0.1, 0.15) is 17.2 Å². The highest BCUT2D eigenvalue weighted by atomic mass is 35.5. The zero-order valence-corrected chi connectivity index (χ0v) is 11.7. The van der Waals surface area contributed by atoms with Gasteiger partial charge in [-0.05, 0) is 11.6 Å². The van der Waals surface area contributed by atoms with Gasteiger partial charge in [0.15, 0.2) is 0 Å². The second-order valence-corrected chi connectivity index (χ2v) is 4.94. The molecule has 0 aromatic heterocycles. The van der Waals surface area contributed by atoms with E-state index in [0.29, 0.717) is 17.2 Å². The lowest BCUT2D eigenvalue weighted by molar-refractivity contribution is -0.0434. The van der Waals surface area contributed by atoms with Crippen molar-refractivity contribution in [2.45, 2.75) is 18.8 Å². The zero-order valence-electron chi connectivity index (χ0n) is 10.9. The van der Waals surface area contributed by atoms with Crippen molar-refractivity contribution in [2.75, 3.05) is 6.61 Å². The quantitative estimate of drug-likeness (QED) is 0.860. The summed E-state index contributed by atoms with van der Waals surface area (Å²) in [5, 5.41) is 20.4. The van der Waals surface area contributed by atoms with E-state index < -0.39 is 12.2 Å². The van der Waals surface area contributed by atoms with Gasteiger partial charge in [0.1, 0.15) is 12.2 Å². The molecule has 0 saturated heterocycles. The molecule has 2 rings (SSSR count). The molecular weight excluding hydrogens is 276 g/mol. The summed E-state index contributed by atoms with van der Waals surface area (Å²) in [5.41, 5.74) is 1.52. The van der Waals surface area contributed by atoms with E-state index in [4.69, 9.17) is 16.3 Å². The third-order valence-corrected chi connectivity index (χ3v) is 3.33. The molecule has 20 heavy (non-hydrogen) atoms. The molecule has 1 unspecified atom stereocenters. The molecule has 0 amide bonds. The van der Waals surface area contributed by atoms with Crippen LogP contribution in [0.4, 0.5) is 0 Å². The predicted octanol–water partition coefficient (Wildman–Crippen LogP) is 2.95. The Morgan fingerprint density at radius 3 is 2.30 bits per heavy atom. The number of halogens is 1. The minimum absolute atomic E-state index is 0.0429. The van der Waals surface area contributed by atoms with E-state index in [9.17, 15) is 10.2 Å². The number of aliphatic hydroxyl groups is 2. The minimum atomic E-state index is -1.06. The summed E-state index contributed by atoms with van der Waals surface area (Å²) in [6.07, 6.45) is -2.07. The summed E-state index contributed by atoms with van der Waals surface area (Å²) in [4.78, 5) is 0. The third kappa shape index (κ3) is 4.05. The number of aliphatic hydroxyl groups excluding tert-OH is 2. The van der Waals surface area contributed by atoms with Crippen LogP contribution in [-0.4, -0.2) is 22.9 Å². The molecule has 106 valence electrons. The standard InChI is InChI=1S/C16H17ClO3/c17-14-9-5-4-8-13(14)16(19)15(18)11-20-10-12-6-2-1-3-7-12/h1-9,15-16,18-19H,10-11H2/t15-,16?/m0/s1. The maximum absolute atomic E-state index is 10.1. The van der Waals surface area contributed by atoms with Gasteiger partial charge in [-0.1, -0.05) is 60.1 Å². The number of benzene rings is 2. The Hall–Kier alpha value is -1.39. The number of ether oxygens (including phenoxy) is 1. The fourth-order valence-corrected chi connectivity index (χ4v) is 2.13. The molecule has 0 bridgehead atoms. The van der Waals surface area contributed by atoms with Gasteiger partial charge in [-0.25, -0.2) is 0 Å². The molecule has 2 N–H and O–H groups in total. The van der Waals surface area contributed by atoms with Crippen LogP contribution in [0, 0.1) is 0 Å². The lowest BCUT2D eigenvalue weighted by Crippen LogP contribution is -2.24. The highest BCUT2D eigenvalue weighted by Crippen LogP contribution is 2.25. The average molecular weight is 293 g/mol. The van der Waals surface area contributed by atoms with Crippen molar-refractivity contribution in [2.24, 2.45) is 0 Å². The van der Waals surface area contributed by atoms with Crippen molar-refractivity contribution in [3.63, 3.8) is 0 Å². The van der Waals surface area contributed by atoms with Crippen LogP contribution in [0.3, 0.4) is 0 Å². The van der Waals surface area contributed by atoms with Crippen LogP contribution in [0.2, 0.25) is 5.02 Å². The molecule has 0 saturated carbocycles. The highest BCUT2D eigenvalue weighted by molar-refractivity contribution is 6.31. The van der Waals surface area contributed by atoms with Crippen LogP contribution >= 0.6 is 11.6 Å². The fraction of sp³-hybridized carbons (Fsp3) is 0.250. The summed E-state index contributed by atoms with van der Waals surface area (Å²) in [6.45, 7) is 0.439. The zero-order chi connectivity index (χ0) is 14.4. The minimum Gasteiger partial charge on any atom is -0.388 e. The Labute approximate surface area is 123 Å². The summed E-state index contributed by atoms with van der Waals surface area (Å²) < 4.78 is 5.41. The topological polar surface area (TPSA) is 49.7 Å². The van der Waals surface area contributed by atoms with Gasteiger partial charge in [0, 0.05) is 10.6 Å². The molecule has 2 aromatic rings. The van der Waals surface area contributed by atoms with Gasteiger partial charge >= 0.3 is 0 Å². The molecule has 0 fully saturated rings. The maximum atomic E-state index is 10.1. The predicted molar refractivity (Wildman–Crippen MR) is 78.5 cm³/mol. The number of rotatable bonds is 6. The molecule has 2 aromatic carbocycles. The maximum Gasteiger partial charge on any atom is 0.109 e. The third-order valence-electron chi connectivity index (χ3n) is 2.99. The van der Waals surface area contributed by atoms with Crippen LogP contribution in [-0.2, 0) is 11.3 Å². The van der Waals surface area contributed by atoms with Crippen LogP contribution in [0.5, 0.6) is 0 Å². The monoisotopic (exact) mass is 292 g/mol. The molecule has 0 aliphatic carbocycles. The average Bonchev–Trinajstić information content (AvgIpc) is 2.48. The van der Waals surface area contributed by atoms with Gasteiger partial charge in [0.2, 0.25) is 0 Å². The van der Waals surface area contributed by atoms with E-state index in [2.05, 4.69) is 0 Å². The first kappa shape index (κ1) is 15.0. The summed E-state index contributed by atoms with van der Waals surface area (Å²) in [5.74, 6) is 0. The van der Waals surface area contributed by atoms with E-state index in [1.807, 2.05) is 30.3 Å². The lowest BCUT2D eigenvalue weighted by atomic mass is 10.1. The van der Waals surface area contributed by atoms with Crippen molar-refractivity contribution < 1.29 is 14.9 Å². The van der Waals surface area contributed by atoms with Crippen molar-refractivity contribution in [3.8, 4) is 0 Å². The molecule has 0 aliphatic heterocycles. The molecule has 0 heterocycles. The van der Waals surface area contributed by atoms with E-state index in [-0.39, 0.29) is 6.61 Å². The van der Waals surface area contributed by atoms with Crippen LogP contribution in [0.25, 0.3) is 0 Å². The SMILES string of the molecule is OC(c1ccccc1Cl)[C@@H](O)COCc1ccccc1. The smallest absolute Gasteiger partial charge is 0.109 e. The molecule has 0 aliphatic rings.